The van der Waals surface area contributed by atoms with Crippen molar-refractivity contribution in [2.45, 2.75) is 164 Å². The smallest absolute Gasteiger partial charge is 0.315 e. The van der Waals surface area contributed by atoms with E-state index in [0.717, 1.165) is 87.7 Å². The molecule has 8 aromatic heterocycles. The normalized spacial score (nSPS) is 25.1. The highest BCUT2D eigenvalue weighted by Gasteiger charge is 2.45. The molecule has 4 saturated carbocycles. The molecule has 80 heavy (non-hydrogen) atoms. The molecule has 8 aromatic rings. The average molecular weight is 1100 g/mol. The van der Waals surface area contributed by atoms with E-state index in [1.807, 2.05) is 42.0 Å². The Balaban J connectivity index is 0.654. The van der Waals surface area contributed by atoms with Crippen LogP contribution in [0.2, 0.25) is 0 Å². The van der Waals surface area contributed by atoms with Gasteiger partial charge in [0, 0.05) is 82.6 Å². The minimum absolute atomic E-state index is 0.00340. The lowest BCUT2D eigenvalue weighted by atomic mass is 9.90. The van der Waals surface area contributed by atoms with Gasteiger partial charge in [0.2, 0.25) is 11.9 Å². The van der Waals surface area contributed by atoms with E-state index in [9.17, 15) is 25.2 Å². The highest BCUT2D eigenvalue weighted by Crippen LogP contribution is 2.41. The van der Waals surface area contributed by atoms with Gasteiger partial charge in [-0.3, -0.25) is 0 Å². The van der Waals surface area contributed by atoms with Crippen LogP contribution < -0.4 is 31.9 Å². The Kier molecular flexibility index (Phi) is 15.2. The van der Waals surface area contributed by atoms with Crippen molar-refractivity contribution in [3.05, 3.63) is 72.9 Å². The second-order valence-corrected chi connectivity index (χ2v) is 22.0. The predicted molar refractivity (Wildman–Crippen MR) is 291 cm³/mol. The Morgan fingerprint density at radius 2 is 1.04 bits per heavy atom. The van der Waals surface area contributed by atoms with Crippen LogP contribution in [0.5, 0.6) is 0 Å². The number of fused-ring (bicyclic) bond motifs is 2. The first kappa shape index (κ1) is 52.8. The zero-order valence-corrected chi connectivity index (χ0v) is 44.9. The lowest BCUT2D eigenvalue weighted by Gasteiger charge is -2.32. The summed E-state index contributed by atoms with van der Waals surface area (Å²) in [7, 11) is 3.89. The van der Waals surface area contributed by atoms with E-state index in [4.69, 9.17) is 29.9 Å². The number of aliphatic hydroxyl groups excluding tert-OH is 4. The molecule has 424 valence electrons. The van der Waals surface area contributed by atoms with Crippen LogP contribution in [0.3, 0.4) is 0 Å². The van der Waals surface area contributed by atoms with Crippen LogP contribution in [0.25, 0.3) is 22.3 Å². The number of urea groups is 1. The van der Waals surface area contributed by atoms with E-state index < -0.39 is 24.3 Å². The van der Waals surface area contributed by atoms with Crippen LogP contribution in [0.1, 0.15) is 124 Å². The summed E-state index contributed by atoms with van der Waals surface area (Å²) in [5.41, 5.74) is 5.32. The average Bonchev–Trinajstić information content (AvgIpc) is 4.53. The Hall–Kier alpha value is -7.89. The van der Waals surface area contributed by atoms with Gasteiger partial charge in [-0.15, -0.1) is 0 Å². The van der Waals surface area contributed by atoms with Gasteiger partial charge in [-0.05, 0) is 77.0 Å². The summed E-state index contributed by atoms with van der Waals surface area (Å²) in [4.78, 5) is 54.9. The van der Waals surface area contributed by atoms with Gasteiger partial charge < -0.3 is 70.6 Å². The third kappa shape index (κ3) is 11.4. The first-order valence-corrected chi connectivity index (χ1v) is 27.9. The van der Waals surface area contributed by atoms with Crippen LogP contribution in [-0.4, -0.2) is 164 Å². The van der Waals surface area contributed by atoms with Crippen molar-refractivity contribution in [1.29, 1.82) is 0 Å². The van der Waals surface area contributed by atoms with Crippen molar-refractivity contribution in [3.8, 4) is 0 Å². The molecule has 0 aliphatic heterocycles. The Morgan fingerprint density at radius 1 is 0.550 bits per heavy atom. The fourth-order valence-electron chi connectivity index (χ4n) is 12.0. The summed E-state index contributed by atoms with van der Waals surface area (Å²) >= 11 is 0. The van der Waals surface area contributed by atoms with Crippen LogP contribution >= 0.6 is 0 Å². The molecule has 4 aliphatic rings. The molecule has 12 rings (SSSR count). The molecule has 29 nitrogen and oxygen atoms in total. The molecule has 4 aliphatic carbocycles. The SMILES string of the molecule is Cn1cnc(CCNc2nc(NC3CCC(NC(=O)NC4CCC(Nc5nc(NCCc6cn(C)cn6)nc6c5ncn6[C@@H]5C[C@H](n6ncc(CO)n6)[C@@H](O)[C@H]5O)CC4)CC3)c3ncn([C@H]4CC[C@@H](n5ncc(CO)n5)C4)c3n2)c1. The molecule has 0 bridgehead atoms. The number of aryl methyl sites for hydroxylation is 2. The maximum absolute atomic E-state index is 13.5. The molecule has 10 N–H and O–H groups in total. The second kappa shape index (κ2) is 23.1. The Bertz CT molecular complexity index is 3380. The standard InChI is InChI=1S/C51H70N24O5/c1-70-21-33(54-25-70)13-15-52-49-64-45(41-47(66-49)72(27-56-41)37-11-12-38(17-37)74-58-19-35(23-76)68-74)60-29-3-7-31(8-4-29)62-51(80)63-32-9-5-30(6-10-32)61-46-42-48(67-50(65-46)53-16-14-34-22-71(2)26-55-34)73(28-57-42)39-18-40(44(79)43(39)78)75-59-20-36(24-77)69-75/h19-22,25-32,37-40,43-44,76-79H,3-18,23-24H2,1-2H3,(H2,62,63,80)(H2,52,60,64,66)(H2,53,61,65,67)/t29?,30?,31?,32?,37-,38+,39+,40-,43-,44+/m0/s1. The number of carbonyl (C=O) groups is 1. The number of nitrogens with one attached hydrogen (secondary N) is 6. The number of rotatable bonds is 20. The van der Waals surface area contributed by atoms with Gasteiger partial charge in [-0.25, -0.2) is 24.7 Å². The van der Waals surface area contributed by atoms with Gasteiger partial charge >= 0.3 is 6.03 Å². The first-order valence-electron chi connectivity index (χ1n) is 27.9. The maximum atomic E-state index is 13.5. The molecule has 0 radical (unpaired) electrons. The van der Waals surface area contributed by atoms with Crippen LogP contribution in [-0.2, 0) is 40.2 Å². The number of imidazole rings is 4. The molecule has 29 heteroatoms. The largest absolute Gasteiger partial charge is 0.390 e. The monoisotopic (exact) mass is 1100 g/mol. The summed E-state index contributed by atoms with van der Waals surface area (Å²) in [5, 5.41) is 79.8. The zero-order valence-electron chi connectivity index (χ0n) is 44.9. The third-order valence-corrected chi connectivity index (χ3v) is 16.3. The summed E-state index contributed by atoms with van der Waals surface area (Å²) in [6, 6.07) is -0.948. The molecule has 2 amide bonds. The molecular formula is C51H70N24O5. The predicted octanol–water partition coefficient (Wildman–Crippen LogP) is 2.23. The number of aliphatic hydroxyl groups is 4. The van der Waals surface area contributed by atoms with Crippen LogP contribution in [0.4, 0.5) is 28.3 Å². The first-order chi connectivity index (χ1) is 39.0. The quantitative estimate of drug-likeness (QED) is 0.0523. The van der Waals surface area contributed by atoms with Gasteiger partial charge in [0.05, 0.1) is 74.4 Å². The second-order valence-electron chi connectivity index (χ2n) is 22.0. The molecule has 0 aromatic carbocycles. The third-order valence-electron chi connectivity index (χ3n) is 16.3. The number of amides is 2. The molecule has 0 saturated heterocycles. The molecular weight excluding hydrogens is 1030 g/mol. The topological polar surface area (TPSA) is 354 Å². The lowest BCUT2D eigenvalue weighted by Crippen LogP contribution is -2.49. The van der Waals surface area contributed by atoms with E-state index in [0.29, 0.717) is 84.0 Å². The number of hydrogen-bond donors (Lipinski definition) is 10. The summed E-state index contributed by atoms with van der Waals surface area (Å²) in [6.45, 7) is 0.697. The fraction of sp³-hybridized carbons (Fsp3) is 0.588. The molecule has 4 fully saturated rings. The van der Waals surface area contributed by atoms with Crippen molar-refractivity contribution in [3.63, 3.8) is 0 Å². The summed E-state index contributed by atoms with van der Waals surface area (Å²) in [5.74, 6) is 2.12. The number of aromatic nitrogens is 18. The van der Waals surface area contributed by atoms with Crippen LogP contribution in [0.15, 0.2) is 50.1 Å². The molecule has 0 unspecified atom stereocenters. The van der Waals surface area contributed by atoms with Gasteiger partial charge in [0.25, 0.3) is 0 Å². The van der Waals surface area contributed by atoms with Gasteiger partial charge in [-0.2, -0.15) is 49.9 Å². The van der Waals surface area contributed by atoms with Crippen molar-refractivity contribution in [2.75, 3.05) is 34.4 Å². The maximum Gasteiger partial charge on any atom is 0.315 e. The van der Waals surface area contributed by atoms with Gasteiger partial charge in [-0.1, -0.05) is 0 Å². The van der Waals surface area contributed by atoms with E-state index in [2.05, 4.69) is 66.8 Å². The highest BCUT2D eigenvalue weighted by atomic mass is 16.3. The molecule has 6 atom stereocenters. The Morgan fingerprint density at radius 3 is 1.56 bits per heavy atom. The zero-order chi connectivity index (χ0) is 54.9. The number of nitrogens with zero attached hydrogens (tertiary/aromatic N) is 18. The minimum Gasteiger partial charge on any atom is -0.390 e. The van der Waals surface area contributed by atoms with E-state index >= 15 is 0 Å². The molecule has 8 heterocycles. The van der Waals surface area contributed by atoms with Crippen molar-refractivity contribution < 1.29 is 25.2 Å². The molecule has 0 spiro atoms. The minimum atomic E-state index is -1.17. The number of anilines is 4. The number of carbonyl (C=O) groups excluding carboxylic acids is 1. The summed E-state index contributed by atoms with van der Waals surface area (Å²) in [6.07, 6.45) is 22.4. The van der Waals surface area contributed by atoms with Gasteiger partial charge in [0.15, 0.2) is 34.0 Å². The van der Waals surface area contributed by atoms with E-state index in [-0.39, 0.29) is 55.5 Å². The number of hydrogen-bond acceptors (Lipinski definition) is 21. The van der Waals surface area contributed by atoms with Crippen molar-refractivity contribution >= 4 is 51.9 Å². The lowest BCUT2D eigenvalue weighted by molar-refractivity contribution is 0.00491. The van der Waals surface area contributed by atoms with Crippen LogP contribution in [0, 0.1) is 0 Å². The van der Waals surface area contributed by atoms with Crippen molar-refractivity contribution in [2.24, 2.45) is 14.1 Å². The Labute approximate surface area is 459 Å². The van der Waals surface area contributed by atoms with E-state index in [1.165, 1.54) is 11.0 Å². The highest BCUT2D eigenvalue weighted by molar-refractivity contribution is 5.85. The van der Waals surface area contributed by atoms with E-state index in [1.54, 1.807) is 34.5 Å². The summed E-state index contributed by atoms with van der Waals surface area (Å²) < 4.78 is 7.78. The van der Waals surface area contributed by atoms with Crippen molar-refractivity contribution in [1.82, 2.24) is 98.8 Å². The fourth-order valence-corrected chi connectivity index (χ4v) is 12.0. The van der Waals surface area contributed by atoms with Gasteiger partial charge in [0.1, 0.15) is 29.6 Å².